The molecule has 0 spiro atoms. The van der Waals surface area contributed by atoms with Crippen molar-refractivity contribution in [1.82, 2.24) is 0 Å². The SMILES string of the molecule is CC(C)(c1ccc(O)cc1)c1ccc(O)cc1.Cc1cc(O)ccc1O.Oc1ccc(-c2ccc(O)cc2)cc1.Oc1ccc(O)cc1. The second-order valence-corrected chi connectivity index (χ2v) is 11.3. The van der Waals surface area contributed by atoms with Gasteiger partial charge in [-0.1, -0.05) is 62.4 Å². The molecule has 0 radical (unpaired) electrons. The Morgan fingerprint density at radius 3 is 0.854 bits per heavy atom. The summed E-state index contributed by atoms with van der Waals surface area (Å²) in [5, 5.41) is 71.9. The Kier molecular flexibility index (Phi) is 12.7. The van der Waals surface area contributed by atoms with Gasteiger partial charge in [-0.2, -0.15) is 0 Å². The summed E-state index contributed by atoms with van der Waals surface area (Å²) in [5.41, 5.74) is 4.82. The molecule has 0 unspecified atom stereocenters. The molecule has 0 aromatic heterocycles. The number of aryl methyl sites for hydroxylation is 1. The maximum absolute atomic E-state index is 9.30. The molecule has 6 rings (SSSR count). The predicted octanol–water partition coefficient (Wildman–Crippen LogP) is 8.69. The molecule has 8 N–H and O–H groups in total. The first kappa shape index (κ1) is 36.2. The fraction of sp³-hybridized carbons (Fsp3) is 0.100. The molecule has 0 atom stereocenters. The molecular formula is C40H40O8. The van der Waals surface area contributed by atoms with E-state index in [1.165, 1.54) is 42.5 Å². The molecule has 0 saturated carbocycles. The third-order valence-corrected chi connectivity index (χ3v) is 7.28. The summed E-state index contributed by atoms with van der Waals surface area (Å²) < 4.78 is 0. The highest BCUT2D eigenvalue weighted by atomic mass is 16.3. The summed E-state index contributed by atoms with van der Waals surface area (Å²) in [7, 11) is 0. The third-order valence-electron chi connectivity index (χ3n) is 7.28. The molecule has 0 heterocycles. The molecule has 0 saturated heterocycles. The van der Waals surface area contributed by atoms with E-state index in [-0.39, 0.29) is 51.4 Å². The van der Waals surface area contributed by atoms with Gasteiger partial charge in [0.1, 0.15) is 46.0 Å². The zero-order valence-corrected chi connectivity index (χ0v) is 26.9. The topological polar surface area (TPSA) is 162 Å². The minimum absolute atomic E-state index is 0.151. The van der Waals surface area contributed by atoms with Crippen molar-refractivity contribution in [3.8, 4) is 57.1 Å². The van der Waals surface area contributed by atoms with Crippen LogP contribution in [0.15, 0.2) is 140 Å². The van der Waals surface area contributed by atoms with Crippen molar-refractivity contribution < 1.29 is 40.9 Å². The van der Waals surface area contributed by atoms with Crippen LogP contribution in [0.1, 0.15) is 30.5 Å². The largest absolute Gasteiger partial charge is 0.508 e. The highest BCUT2D eigenvalue weighted by molar-refractivity contribution is 5.64. The average Bonchev–Trinajstić information content (AvgIpc) is 3.06. The van der Waals surface area contributed by atoms with E-state index in [1.54, 1.807) is 55.5 Å². The average molecular weight is 649 g/mol. The lowest BCUT2D eigenvalue weighted by molar-refractivity contribution is 0.456. The Hall–Kier alpha value is -6.28. The second-order valence-electron chi connectivity index (χ2n) is 11.3. The second kappa shape index (κ2) is 16.9. The fourth-order valence-electron chi connectivity index (χ4n) is 4.32. The monoisotopic (exact) mass is 648 g/mol. The van der Waals surface area contributed by atoms with Crippen LogP contribution in [0.25, 0.3) is 11.1 Å². The van der Waals surface area contributed by atoms with Crippen LogP contribution in [0, 0.1) is 6.92 Å². The fourth-order valence-corrected chi connectivity index (χ4v) is 4.32. The molecule has 8 heteroatoms. The van der Waals surface area contributed by atoms with Crippen LogP contribution >= 0.6 is 0 Å². The van der Waals surface area contributed by atoms with Crippen molar-refractivity contribution in [3.63, 3.8) is 0 Å². The number of benzene rings is 6. The molecule has 0 aliphatic rings. The van der Waals surface area contributed by atoms with Gasteiger partial charge in [-0.15, -0.1) is 0 Å². The number of phenols is 8. The lowest BCUT2D eigenvalue weighted by Crippen LogP contribution is -2.18. The molecule has 48 heavy (non-hydrogen) atoms. The summed E-state index contributed by atoms with van der Waals surface area (Å²) in [6, 6.07) is 38.5. The van der Waals surface area contributed by atoms with E-state index >= 15 is 0 Å². The van der Waals surface area contributed by atoms with Crippen molar-refractivity contribution in [2.75, 3.05) is 0 Å². The smallest absolute Gasteiger partial charge is 0.118 e. The predicted molar refractivity (Wildman–Crippen MR) is 188 cm³/mol. The Labute approximate surface area is 280 Å². The summed E-state index contributed by atoms with van der Waals surface area (Å²) in [5.74, 6) is 1.80. The Balaban J connectivity index is 0.000000182. The van der Waals surface area contributed by atoms with E-state index in [2.05, 4.69) is 13.8 Å². The van der Waals surface area contributed by atoms with Crippen molar-refractivity contribution in [2.24, 2.45) is 0 Å². The van der Waals surface area contributed by atoms with Crippen molar-refractivity contribution in [2.45, 2.75) is 26.2 Å². The molecule has 0 bridgehead atoms. The van der Waals surface area contributed by atoms with Gasteiger partial charge < -0.3 is 40.9 Å². The number of rotatable bonds is 3. The molecule has 0 aliphatic carbocycles. The minimum Gasteiger partial charge on any atom is -0.508 e. The highest BCUT2D eigenvalue weighted by Crippen LogP contribution is 2.33. The standard InChI is InChI=1S/C15H16O2.C12H10O2.C7H8O2.C6H6O2/c1-15(2,11-3-7-13(16)8-4-11)12-5-9-14(17)10-6-12;13-11-5-1-9(2-6-11)10-3-7-12(14)8-4-10;1-5-4-6(8)2-3-7(5)9;7-5-1-2-6(8)4-3-5/h3-10,16-17H,1-2H3;1-8,13-14H;2-4,8-9H,1H3;1-4,7-8H. The van der Waals surface area contributed by atoms with Gasteiger partial charge in [0.15, 0.2) is 0 Å². The van der Waals surface area contributed by atoms with E-state index in [9.17, 15) is 10.2 Å². The maximum Gasteiger partial charge on any atom is 0.118 e. The van der Waals surface area contributed by atoms with Crippen LogP contribution in [0.2, 0.25) is 0 Å². The van der Waals surface area contributed by atoms with E-state index in [1.807, 2.05) is 48.5 Å². The number of aromatic hydroxyl groups is 8. The lowest BCUT2D eigenvalue weighted by atomic mass is 9.78. The van der Waals surface area contributed by atoms with Crippen LogP contribution in [-0.2, 0) is 5.41 Å². The Morgan fingerprint density at radius 1 is 0.333 bits per heavy atom. The van der Waals surface area contributed by atoms with Gasteiger partial charge >= 0.3 is 0 Å². The lowest BCUT2D eigenvalue weighted by Gasteiger charge is -2.26. The minimum atomic E-state index is -0.151. The van der Waals surface area contributed by atoms with Gasteiger partial charge in [0, 0.05) is 5.41 Å². The van der Waals surface area contributed by atoms with Crippen molar-refractivity contribution in [1.29, 1.82) is 0 Å². The number of phenolic OH excluding ortho intramolecular Hbond substituents is 8. The molecule has 0 aliphatic heterocycles. The van der Waals surface area contributed by atoms with Crippen LogP contribution in [0.4, 0.5) is 0 Å². The Morgan fingerprint density at radius 2 is 0.583 bits per heavy atom. The molecule has 6 aromatic rings. The van der Waals surface area contributed by atoms with E-state index in [0.717, 1.165) is 22.3 Å². The van der Waals surface area contributed by atoms with Gasteiger partial charge in [0.2, 0.25) is 0 Å². The number of hydrogen-bond acceptors (Lipinski definition) is 8. The van der Waals surface area contributed by atoms with E-state index in [4.69, 9.17) is 30.6 Å². The van der Waals surface area contributed by atoms with Crippen LogP contribution in [0.5, 0.6) is 46.0 Å². The van der Waals surface area contributed by atoms with Crippen molar-refractivity contribution >= 4 is 0 Å². The van der Waals surface area contributed by atoms with E-state index in [0.29, 0.717) is 5.56 Å². The first-order valence-electron chi connectivity index (χ1n) is 14.9. The molecule has 8 nitrogen and oxygen atoms in total. The van der Waals surface area contributed by atoms with Gasteiger partial charge in [-0.25, -0.2) is 0 Å². The summed E-state index contributed by atoms with van der Waals surface area (Å²) >= 11 is 0. The molecule has 6 aromatic carbocycles. The molecule has 0 amide bonds. The highest BCUT2D eigenvalue weighted by Gasteiger charge is 2.22. The first-order chi connectivity index (χ1) is 22.7. The van der Waals surface area contributed by atoms with Crippen LogP contribution in [0.3, 0.4) is 0 Å². The van der Waals surface area contributed by atoms with Gasteiger partial charge in [0.05, 0.1) is 0 Å². The van der Waals surface area contributed by atoms with Gasteiger partial charge in [-0.3, -0.25) is 0 Å². The third kappa shape index (κ3) is 11.3. The summed E-state index contributed by atoms with van der Waals surface area (Å²) in [6.45, 7) is 5.96. The number of hydrogen-bond donors (Lipinski definition) is 8. The molecular weight excluding hydrogens is 608 g/mol. The van der Waals surface area contributed by atoms with Gasteiger partial charge in [0.25, 0.3) is 0 Å². The maximum atomic E-state index is 9.30. The van der Waals surface area contributed by atoms with Gasteiger partial charge in [-0.05, 0) is 126 Å². The quantitative estimate of drug-likeness (QED) is 0.0884. The first-order valence-corrected chi connectivity index (χ1v) is 14.9. The van der Waals surface area contributed by atoms with Crippen LogP contribution < -0.4 is 0 Å². The molecule has 0 fully saturated rings. The molecule has 248 valence electrons. The summed E-state index contributed by atoms with van der Waals surface area (Å²) in [6.07, 6.45) is 0. The summed E-state index contributed by atoms with van der Waals surface area (Å²) in [4.78, 5) is 0. The van der Waals surface area contributed by atoms with Crippen molar-refractivity contribution in [3.05, 3.63) is 156 Å². The van der Waals surface area contributed by atoms with E-state index < -0.39 is 0 Å². The zero-order chi connectivity index (χ0) is 35.3. The zero-order valence-electron chi connectivity index (χ0n) is 26.9. The Bertz CT molecular complexity index is 1720. The van der Waals surface area contributed by atoms with Crippen LogP contribution in [-0.4, -0.2) is 40.9 Å². The normalized spacial score (nSPS) is 10.2.